The first kappa shape index (κ1) is 15.8. The smallest absolute Gasteiger partial charge is 0.0305 e. The van der Waals surface area contributed by atoms with E-state index in [0.717, 1.165) is 12.5 Å². The lowest BCUT2D eigenvalue weighted by Crippen LogP contribution is -2.37. The minimum atomic E-state index is 0.642. The lowest BCUT2D eigenvalue weighted by Gasteiger charge is -2.29. The topological polar surface area (TPSA) is 12.0 Å². The van der Waals surface area contributed by atoms with Crippen LogP contribution in [0.15, 0.2) is 11.6 Å². The summed E-state index contributed by atoms with van der Waals surface area (Å²) in [5, 5.41) is 3.80. The van der Waals surface area contributed by atoms with Crippen molar-refractivity contribution in [2.24, 2.45) is 5.92 Å². The molecule has 18 heavy (non-hydrogen) atoms. The summed E-state index contributed by atoms with van der Waals surface area (Å²) < 4.78 is 0. The summed E-state index contributed by atoms with van der Waals surface area (Å²) in [6.45, 7) is 8.16. The summed E-state index contributed by atoms with van der Waals surface area (Å²) in [5.41, 5.74) is 1.71. The van der Waals surface area contributed by atoms with Gasteiger partial charge < -0.3 is 5.32 Å². The first-order valence-electron chi connectivity index (χ1n) is 8.21. The Morgan fingerprint density at radius 2 is 1.89 bits per heavy atom. The van der Waals surface area contributed by atoms with Crippen molar-refractivity contribution >= 4 is 0 Å². The zero-order valence-electron chi connectivity index (χ0n) is 12.8. The minimum Gasteiger partial charge on any atom is -0.310 e. The second kappa shape index (κ2) is 9.61. The molecule has 1 nitrogen and oxygen atoms in total. The molecule has 0 aromatic rings. The molecule has 106 valence electrons. The third-order valence-electron chi connectivity index (χ3n) is 4.15. The van der Waals surface area contributed by atoms with E-state index in [9.17, 15) is 0 Å². The molecule has 1 heteroatoms. The molecule has 0 fully saturated rings. The molecule has 2 atom stereocenters. The van der Waals surface area contributed by atoms with Crippen LogP contribution in [-0.4, -0.2) is 12.6 Å². The SMILES string of the molecule is CCCNC(C1=CCCCCCC1)C(C)CCC. The monoisotopic (exact) mass is 251 g/mol. The van der Waals surface area contributed by atoms with Crippen molar-refractivity contribution in [2.75, 3.05) is 6.54 Å². The van der Waals surface area contributed by atoms with Crippen molar-refractivity contribution in [3.63, 3.8) is 0 Å². The van der Waals surface area contributed by atoms with E-state index in [1.165, 1.54) is 57.8 Å². The second-order valence-electron chi connectivity index (χ2n) is 5.93. The molecule has 0 saturated carbocycles. The van der Waals surface area contributed by atoms with Crippen LogP contribution in [0.5, 0.6) is 0 Å². The maximum atomic E-state index is 3.80. The summed E-state index contributed by atoms with van der Waals surface area (Å²) in [6.07, 6.45) is 14.7. The molecule has 0 aliphatic heterocycles. The zero-order chi connectivity index (χ0) is 13.2. The maximum Gasteiger partial charge on any atom is 0.0305 e. The molecule has 0 saturated heterocycles. The fourth-order valence-electron chi connectivity index (χ4n) is 3.12. The van der Waals surface area contributed by atoms with Crippen LogP contribution < -0.4 is 5.32 Å². The van der Waals surface area contributed by atoms with Gasteiger partial charge in [0.25, 0.3) is 0 Å². The lowest BCUT2D eigenvalue weighted by atomic mass is 9.86. The van der Waals surface area contributed by atoms with Crippen LogP contribution in [0.1, 0.15) is 78.6 Å². The Labute approximate surface area is 114 Å². The van der Waals surface area contributed by atoms with Gasteiger partial charge >= 0.3 is 0 Å². The summed E-state index contributed by atoms with van der Waals surface area (Å²) >= 11 is 0. The quantitative estimate of drug-likeness (QED) is 0.623. The van der Waals surface area contributed by atoms with Crippen molar-refractivity contribution < 1.29 is 0 Å². The molecule has 1 aliphatic carbocycles. The van der Waals surface area contributed by atoms with E-state index in [2.05, 4.69) is 32.2 Å². The number of allylic oxidation sites excluding steroid dienone is 1. The molecule has 0 heterocycles. The van der Waals surface area contributed by atoms with E-state index in [1.807, 2.05) is 0 Å². The van der Waals surface area contributed by atoms with Gasteiger partial charge in [-0.05, 0) is 51.0 Å². The van der Waals surface area contributed by atoms with E-state index in [1.54, 1.807) is 5.57 Å². The predicted octanol–water partition coefficient (Wildman–Crippen LogP) is 5.07. The van der Waals surface area contributed by atoms with Crippen molar-refractivity contribution in [1.29, 1.82) is 0 Å². The van der Waals surface area contributed by atoms with E-state index < -0.39 is 0 Å². The summed E-state index contributed by atoms with van der Waals surface area (Å²) in [5.74, 6) is 0.784. The molecule has 1 aliphatic rings. The number of hydrogen-bond donors (Lipinski definition) is 1. The van der Waals surface area contributed by atoms with Gasteiger partial charge in [-0.1, -0.05) is 51.7 Å². The van der Waals surface area contributed by atoms with Crippen LogP contribution in [0.25, 0.3) is 0 Å². The van der Waals surface area contributed by atoms with Gasteiger partial charge in [0.15, 0.2) is 0 Å². The molecule has 0 amide bonds. The fourth-order valence-corrected chi connectivity index (χ4v) is 3.12. The molecule has 1 N–H and O–H groups in total. The maximum absolute atomic E-state index is 3.80. The van der Waals surface area contributed by atoms with Gasteiger partial charge in [0.05, 0.1) is 0 Å². The van der Waals surface area contributed by atoms with Gasteiger partial charge in [0.2, 0.25) is 0 Å². The zero-order valence-corrected chi connectivity index (χ0v) is 12.8. The van der Waals surface area contributed by atoms with Gasteiger partial charge in [-0.3, -0.25) is 0 Å². The van der Waals surface area contributed by atoms with Crippen LogP contribution in [0.4, 0.5) is 0 Å². The summed E-state index contributed by atoms with van der Waals surface area (Å²) in [6, 6.07) is 0.642. The van der Waals surface area contributed by atoms with Gasteiger partial charge in [-0.15, -0.1) is 0 Å². The highest BCUT2D eigenvalue weighted by Gasteiger charge is 2.20. The molecule has 0 aromatic carbocycles. The minimum absolute atomic E-state index is 0.642. The average Bonchev–Trinajstić information content (AvgIpc) is 2.31. The lowest BCUT2D eigenvalue weighted by molar-refractivity contribution is 0.380. The molecular formula is C17H33N. The van der Waals surface area contributed by atoms with Gasteiger partial charge in [-0.2, -0.15) is 0 Å². The number of rotatable bonds is 7. The van der Waals surface area contributed by atoms with Crippen LogP contribution in [0.3, 0.4) is 0 Å². The van der Waals surface area contributed by atoms with Crippen LogP contribution >= 0.6 is 0 Å². The van der Waals surface area contributed by atoms with Crippen LogP contribution in [0.2, 0.25) is 0 Å². The van der Waals surface area contributed by atoms with Gasteiger partial charge in [0, 0.05) is 6.04 Å². The second-order valence-corrected chi connectivity index (χ2v) is 5.93. The Morgan fingerprint density at radius 3 is 2.61 bits per heavy atom. The summed E-state index contributed by atoms with van der Waals surface area (Å²) in [4.78, 5) is 0. The predicted molar refractivity (Wildman–Crippen MR) is 81.9 cm³/mol. The molecule has 1 rings (SSSR count). The Kier molecular flexibility index (Phi) is 8.41. The number of hydrogen-bond acceptors (Lipinski definition) is 1. The van der Waals surface area contributed by atoms with E-state index in [4.69, 9.17) is 0 Å². The number of nitrogens with one attached hydrogen (secondary N) is 1. The van der Waals surface area contributed by atoms with E-state index >= 15 is 0 Å². The standard InChI is InChI=1S/C17H33N/c1-4-11-15(3)17(18-14-5-2)16-12-9-7-6-8-10-13-16/h12,15,17-18H,4-11,13-14H2,1-3H3. The molecule has 0 bridgehead atoms. The highest BCUT2D eigenvalue weighted by molar-refractivity contribution is 5.13. The largest absolute Gasteiger partial charge is 0.310 e. The first-order chi connectivity index (χ1) is 8.79. The Balaban J connectivity index is 2.65. The Hall–Kier alpha value is -0.300. The fraction of sp³-hybridized carbons (Fsp3) is 0.882. The van der Waals surface area contributed by atoms with Crippen molar-refractivity contribution in [3.05, 3.63) is 11.6 Å². The Bertz CT molecular complexity index is 232. The van der Waals surface area contributed by atoms with Gasteiger partial charge in [0.1, 0.15) is 0 Å². The van der Waals surface area contributed by atoms with E-state index in [-0.39, 0.29) is 0 Å². The van der Waals surface area contributed by atoms with Crippen LogP contribution in [0, 0.1) is 5.92 Å². The third kappa shape index (κ3) is 5.56. The normalized spacial score (nSPS) is 20.7. The van der Waals surface area contributed by atoms with Crippen LogP contribution in [-0.2, 0) is 0 Å². The molecule has 0 spiro atoms. The highest BCUT2D eigenvalue weighted by atomic mass is 14.9. The van der Waals surface area contributed by atoms with Crippen molar-refractivity contribution in [2.45, 2.75) is 84.6 Å². The summed E-state index contributed by atoms with van der Waals surface area (Å²) in [7, 11) is 0. The first-order valence-corrected chi connectivity index (χ1v) is 8.21. The van der Waals surface area contributed by atoms with Crippen molar-refractivity contribution in [1.82, 2.24) is 5.32 Å². The Morgan fingerprint density at radius 1 is 1.11 bits per heavy atom. The molecular weight excluding hydrogens is 218 g/mol. The average molecular weight is 251 g/mol. The highest BCUT2D eigenvalue weighted by Crippen LogP contribution is 2.25. The molecule has 2 unspecified atom stereocenters. The third-order valence-corrected chi connectivity index (χ3v) is 4.15. The molecule has 0 radical (unpaired) electrons. The van der Waals surface area contributed by atoms with Crippen molar-refractivity contribution in [3.8, 4) is 0 Å². The molecule has 0 aromatic heterocycles. The van der Waals surface area contributed by atoms with Gasteiger partial charge in [-0.25, -0.2) is 0 Å². The van der Waals surface area contributed by atoms with E-state index in [0.29, 0.717) is 6.04 Å².